The average molecular weight is 378 g/mol. The van der Waals surface area contributed by atoms with E-state index in [1.54, 1.807) is 24.4 Å². The predicted molar refractivity (Wildman–Crippen MR) is 107 cm³/mol. The molecule has 3 rings (SSSR count). The van der Waals surface area contributed by atoms with E-state index in [1.807, 2.05) is 13.0 Å². The summed E-state index contributed by atoms with van der Waals surface area (Å²) in [4.78, 5) is 8.44. The summed E-state index contributed by atoms with van der Waals surface area (Å²) >= 11 is 0. The minimum Gasteiger partial charge on any atom is -0.474 e. The molecule has 144 valence electrons. The quantitative estimate of drug-likeness (QED) is 0.685. The number of aromatic nitrogens is 2. The highest BCUT2D eigenvalue weighted by molar-refractivity contribution is 5.98. The molecule has 0 aliphatic heterocycles. The van der Waals surface area contributed by atoms with E-state index in [0.717, 1.165) is 6.42 Å². The Bertz CT molecular complexity index is 1040. The number of ether oxygens (including phenoxy) is 1. The molecule has 2 heterocycles. The molecule has 2 aromatic heterocycles. The van der Waals surface area contributed by atoms with Crippen LogP contribution in [-0.4, -0.2) is 22.1 Å². The van der Waals surface area contributed by atoms with Crippen molar-refractivity contribution in [3.63, 3.8) is 0 Å². The molecule has 0 fully saturated rings. The maximum atomic E-state index is 14.6. The second kappa shape index (κ2) is 7.91. The topological polar surface area (TPSA) is 84.8 Å². The normalized spacial score (nSPS) is 13.3. The standard InChI is InChI=1S/C22H23FN4O/c1-14(2)10-22(3,25)13-28-21-18(23)9-16(12-27-21)17-7-8-26-19-6-4-5-15(11-24)20(17)19/h4-9,12,14H,10,13,25H2,1-3H3. The van der Waals surface area contributed by atoms with Crippen molar-refractivity contribution in [1.29, 1.82) is 5.26 Å². The number of nitriles is 1. The summed E-state index contributed by atoms with van der Waals surface area (Å²) in [5.74, 6) is -0.242. The van der Waals surface area contributed by atoms with Gasteiger partial charge in [0.1, 0.15) is 6.61 Å². The molecule has 0 amide bonds. The lowest BCUT2D eigenvalue weighted by atomic mass is 9.93. The smallest absolute Gasteiger partial charge is 0.250 e. The van der Waals surface area contributed by atoms with Crippen LogP contribution in [0.4, 0.5) is 4.39 Å². The van der Waals surface area contributed by atoms with Crippen molar-refractivity contribution < 1.29 is 9.13 Å². The van der Waals surface area contributed by atoms with Crippen LogP contribution < -0.4 is 10.5 Å². The fourth-order valence-electron chi connectivity index (χ4n) is 3.44. The number of benzene rings is 1. The van der Waals surface area contributed by atoms with E-state index in [0.29, 0.717) is 33.5 Å². The Labute approximate surface area is 164 Å². The lowest BCUT2D eigenvalue weighted by Gasteiger charge is -2.26. The van der Waals surface area contributed by atoms with Gasteiger partial charge in [-0.2, -0.15) is 5.26 Å². The van der Waals surface area contributed by atoms with Gasteiger partial charge in [-0.3, -0.25) is 4.98 Å². The number of pyridine rings is 2. The molecule has 0 spiro atoms. The van der Waals surface area contributed by atoms with Gasteiger partial charge in [-0.1, -0.05) is 19.9 Å². The Morgan fingerprint density at radius 1 is 1.29 bits per heavy atom. The molecule has 5 nitrogen and oxygen atoms in total. The van der Waals surface area contributed by atoms with E-state index in [2.05, 4.69) is 29.9 Å². The molecule has 0 saturated heterocycles. The number of nitrogens with zero attached hydrogens (tertiary/aromatic N) is 3. The van der Waals surface area contributed by atoms with E-state index in [-0.39, 0.29) is 12.5 Å². The fourth-order valence-corrected chi connectivity index (χ4v) is 3.44. The SMILES string of the molecule is CC(C)CC(C)(N)COc1ncc(-c2ccnc3cccc(C#N)c23)cc1F. The van der Waals surface area contributed by atoms with Crippen LogP contribution in [0.15, 0.2) is 42.7 Å². The van der Waals surface area contributed by atoms with Gasteiger partial charge in [0.25, 0.3) is 0 Å². The van der Waals surface area contributed by atoms with Crippen LogP contribution >= 0.6 is 0 Å². The van der Waals surface area contributed by atoms with Crippen molar-refractivity contribution >= 4 is 10.9 Å². The Hall–Kier alpha value is -3.04. The summed E-state index contributed by atoms with van der Waals surface area (Å²) in [5, 5.41) is 10.1. The van der Waals surface area contributed by atoms with Crippen LogP contribution in [-0.2, 0) is 0 Å². The highest BCUT2D eigenvalue weighted by Crippen LogP contribution is 2.31. The third-order valence-electron chi connectivity index (χ3n) is 4.42. The molecule has 2 N–H and O–H groups in total. The molecule has 6 heteroatoms. The molecule has 0 bridgehead atoms. The van der Waals surface area contributed by atoms with Crippen molar-refractivity contribution in [2.75, 3.05) is 6.61 Å². The number of halogens is 1. The van der Waals surface area contributed by atoms with Crippen LogP contribution in [0.2, 0.25) is 0 Å². The van der Waals surface area contributed by atoms with Gasteiger partial charge in [-0.05, 0) is 49.1 Å². The lowest BCUT2D eigenvalue weighted by Crippen LogP contribution is -2.43. The van der Waals surface area contributed by atoms with Crippen molar-refractivity contribution in [3.8, 4) is 23.1 Å². The van der Waals surface area contributed by atoms with Gasteiger partial charge in [0, 0.05) is 28.9 Å². The summed E-state index contributed by atoms with van der Waals surface area (Å²) in [5.41, 5.74) is 8.06. The minimum atomic E-state index is -0.572. The van der Waals surface area contributed by atoms with Gasteiger partial charge in [0.2, 0.25) is 5.88 Å². The zero-order chi connectivity index (χ0) is 20.3. The summed E-state index contributed by atoms with van der Waals surface area (Å²) in [7, 11) is 0. The summed E-state index contributed by atoms with van der Waals surface area (Å²) in [6.07, 6.45) is 3.93. The van der Waals surface area contributed by atoms with E-state index in [1.165, 1.54) is 12.3 Å². The van der Waals surface area contributed by atoms with Gasteiger partial charge in [0.15, 0.2) is 5.82 Å². The second-order valence-corrected chi connectivity index (χ2v) is 7.72. The Kier molecular flexibility index (Phi) is 5.57. The van der Waals surface area contributed by atoms with Crippen LogP contribution in [0.1, 0.15) is 32.8 Å². The Morgan fingerprint density at radius 2 is 2.07 bits per heavy atom. The maximum Gasteiger partial charge on any atom is 0.250 e. The van der Waals surface area contributed by atoms with Gasteiger partial charge < -0.3 is 10.5 Å². The molecular weight excluding hydrogens is 355 g/mol. The number of rotatable bonds is 6. The molecule has 1 aromatic carbocycles. The summed E-state index contributed by atoms with van der Waals surface area (Å²) in [6.45, 7) is 6.21. The van der Waals surface area contributed by atoms with Crippen molar-refractivity contribution in [2.24, 2.45) is 11.7 Å². The van der Waals surface area contributed by atoms with Crippen LogP contribution in [0, 0.1) is 23.1 Å². The molecule has 0 radical (unpaired) electrons. The second-order valence-electron chi connectivity index (χ2n) is 7.72. The first kappa shape index (κ1) is 19.7. The number of fused-ring (bicyclic) bond motifs is 1. The van der Waals surface area contributed by atoms with Crippen molar-refractivity contribution in [2.45, 2.75) is 32.7 Å². The summed E-state index contributed by atoms with van der Waals surface area (Å²) in [6, 6.07) is 10.6. The van der Waals surface area contributed by atoms with E-state index < -0.39 is 11.4 Å². The number of hydrogen-bond acceptors (Lipinski definition) is 5. The maximum absolute atomic E-state index is 14.6. The molecular formula is C22H23FN4O. The van der Waals surface area contributed by atoms with Gasteiger partial charge >= 0.3 is 0 Å². The third kappa shape index (κ3) is 4.26. The average Bonchev–Trinajstić information content (AvgIpc) is 2.65. The van der Waals surface area contributed by atoms with Crippen LogP contribution in [0.3, 0.4) is 0 Å². The Morgan fingerprint density at radius 3 is 2.75 bits per heavy atom. The van der Waals surface area contributed by atoms with Crippen molar-refractivity contribution in [3.05, 3.63) is 54.1 Å². The molecule has 3 aromatic rings. The van der Waals surface area contributed by atoms with Gasteiger partial charge in [-0.15, -0.1) is 0 Å². The molecule has 28 heavy (non-hydrogen) atoms. The monoisotopic (exact) mass is 378 g/mol. The first-order chi connectivity index (χ1) is 13.3. The molecule has 1 unspecified atom stereocenters. The first-order valence-corrected chi connectivity index (χ1v) is 9.16. The highest BCUT2D eigenvalue weighted by Gasteiger charge is 2.22. The van der Waals surface area contributed by atoms with E-state index in [9.17, 15) is 9.65 Å². The zero-order valence-corrected chi connectivity index (χ0v) is 16.2. The van der Waals surface area contributed by atoms with Crippen molar-refractivity contribution in [1.82, 2.24) is 9.97 Å². The molecule has 1 atom stereocenters. The number of hydrogen-bond donors (Lipinski definition) is 1. The highest BCUT2D eigenvalue weighted by atomic mass is 19.1. The van der Waals surface area contributed by atoms with Gasteiger partial charge in [0.05, 0.1) is 17.1 Å². The summed E-state index contributed by atoms with van der Waals surface area (Å²) < 4.78 is 20.2. The molecule has 0 saturated carbocycles. The third-order valence-corrected chi connectivity index (χ3v) is 4.42. The molecule has 0 aliphatic carbocycles. The fraction of sp³-hybridized carbons (Fsp3) is 0.318. The number of nitrogens with two attached hydrogens (primary N) is 1. The predicted octanol–water partition coefficient (Wildman–Crippen LogP) is 4.45. The van der Waals surface area contributed by atoms with Crippen LogP contribution in [0.5, 0.6) is 5.88 Å². The van der Waals surface area contributed by atoms with E-state index >= 15 is 0 Å². The largest absolute Gasteiger partial charge is 0.474 e. The first-order valence-electron chi connectivity index (χ1n) is 9.16. The van der Waals surface area contributed by atoms with Crippen LogP contribution in [0.25, 0.3) is 22.0 Å². The molecule has 0 aliphatic rings. The van der Waals surface area contributed by atoms with E-state index in [4.69, 9.17) is 10.5 Å². The lowest BCUT2D eigenvalue weighted by molar-refractivity contribution is 0.193. The van der Waals surface area contributed by atoms with Gasteiger partial charge in [-0.25, -0.2) is 9.37 Å². The zero-order valence-electron chi connectivity index (χ0n) is 16.2. The Balaban J connectivity index is 1.92. The minimum absolute atomic E-state index is 0.0805.